The van der Waals surface area contributed by atoms with E-state index in [0.29, 0.717) is 18.0 Å². The van der Waals surface area contributed by atoms with Gasteiger partial charge in [0.25, 0.3) is 0 Å². The molecule has 3 rings (SSSR count). The van der Waals surface area contributed by atoms with Crippen LogP contribution in [0.3, 0.4) is 0 Å². The summed E-state index contributed by atoms with van der Waals surface area (Å²) in [5, 5.41) is 0. The van der Waals surface area contributed by atoms with E-state index in [2.05, 4.69) is 41.2 Å². The van der Waals surface area contributed by atoms with Gasteiger partial charge in [-0.15, -0.1) is 0 Å². The highest BCUT2D eigenvalue weighted by Crippen LogP contribution is 2.23. The molecule has 2 aromatic carbocycles. The average Bonchev–Trinajstić information content (AvgIpc) is 2.82. The Morgan fingerprint density at radius 1 is 0.774 bits per heavy atom. The number of hydrogen-bond donors (Lipinski definition) is 0. The molecule has 0 spiro atoms. The zero-order chi connectivity index (χ0) is 21.9. The standard InChI is InChI=1S/C27H33FN2O/c1-3-5-6-7-9-21-10-12-22(13-11-21)24-18-29-27(30-19-24)23-14-16-26(17-15-23)31-20-25(28)8-4-2/h10-19,25H,3-9,20H2,1-2H3. The molecule has 0 fully saturated rings. The van der Waals surface area contributed by atoms with Crippen LogP contribution >= 0.6 is 0 Å². The molecule has 0 radical (unpaired) electrons. The lowest BCUT2D eigenvalue weighted by Gasteiger charge is -2.10. The topological polar surface area (TPSA) is 35.0 Å². The Kier molecular flexibility index (Phi) is 9.01. The predicted octanol–water partition coefficient (Wildman–Crippen LogP) is 7.45. The zero-order valence-electron chi connectivity index (χ0n) is 18.7. The second-order valence-electron chi connectivity index (χ2n) is 8.02. The third-order valence-corrected chi connectivity index (χ3v) is 5.40. The van der Waals surface area contributed by atoms with Gasteiger partial charge in [0.1, 0.15) is 18.5 Å². The van der Waals surface area contributed by atoms with E-state index in [9.17, 15) is 4.39 Å². The first kappa shape index (κ1) is 22.9. The van der Waals surface area contributed by atoms with Gasteiger partial charge in [-0.3, -0.25) is 0 Å². The second-order valence-corrected chi connectivity index (χ2v) is 8.02. The van der Waals surface area contributed by atoms with Crippen LogP contribution in [-0.4, -0.2) is 22.7 Å². The summed E-state index contributed by atoms with van der Waals surface area (Å²) in [7, 11) is 0. The lowest BCUT2D eigenvalue weighted by atomic mass is 10.0. The number of nitrogens with zero attached hydrogens (tertiary/aromatic N) is 2. The fraction of sp³-hybridized carbons (Fsp3) is 0.407. The molecule has 164 valence electrons. The maximum Gasteiger partial charge on any atom is 0.159 e. The molecule has 3 nitrogen and oxygen atoms in total. The summed E-state index contributed by atoms with van der Waals surface area (Å²) in [6.45, 7) is 4.30. The lowest BCUT2D eigenvalue weighted by molar-refractivity contribution is 0.186. The van der Waals surface area contributed by atoms with Gasteiger partial charge in [-0.1, -0.05) is 63.8 Å². The number of rotatable bonds is 12. The van der Waals surface area contributed by atoms with Crippen LogP contribution in [-0.2, 0) is 6.42 Å². The van der Waals surface area contributed by atoms with Gasteiger partial charge in [-0.05, 0) is 54.7 Å². The van der Waals surface area contributed by atoms with Crippen LogP contribution in [0.25, 0.3) is 22.5 Å². The maximum atomic E-state index is 13.6. The summed E-state index contributed by atoms with van der Waals surface area (Å²) in [5.74, 6) is 1.33. The third-order valence-electron chi connectivity index (χ3n) is 5.40. The highest BCUT2D eigenvalue weighted by atomic mass is 19.1. The second kappa shape index (κ2) is 12.2. The number of alkyl halides is 1. The smallest absolute Gasteiger partial charge is 0.159 e. The zero-order valence-corrected chi connectivity index (χ0v) is 18.7. The van der Waals surface area contributed by atoms with E-state index in [1.807, 2.05) is 43.6 Å². The van der Waals surface area contributed by atoms with E-state index in [1.54, 1.807) is 0 Å². The number of benzene rings is 2. The first-order chi connectivity index (χ1) is 15.2. The molecule has 0 aliphatic carbocycles. The molecule has 0 saturated heterocycles. The summed E-state index contributed by atoms with van der Waals surface area (Å²) < 4.78 is 19.1. The molecule has 31 heavy (non-hydrogen) atoms. The number of aryl methyl sites for hydroxylation is 1. The van der Waals surface area contributed by atoms with E-state index in [4.69, 9.17) is 4.74 Å². The predicted molar refractivity (Wildman–Crippen MR) is 126 cm³/mol. The summed E-state index contributed by atoms with van der Waals surface area (Å²) in [6.07, 6.45) is 10.4. The first-order valence-electron chi connectivity index (χ1n) is 11.5. The molecule has 1 aromatic heterocycles. The molecule has 0 N–H and O–H groups in total. The van der Waals surface area contributed by atoms with Crippen LogP contribution in [0.15, 0.2) is 60.9 Å². The Hall–Kier alpha value is -2.75. The van der Waals surface area contributed by atoms with Gasteiger partial charge in [-0.2, -0.15) is 0 Å². The van der Waals surface area contributed by atoms with Crippen LogP contribution in [0.4, 0.5) is 4.39 Å². The van der Waals surface area contributed by atoms with Gasteiger partial charge >= 0.3 is 0 Å². The number of halogens is 1. The third kappa shape index (κ3) is 7.16. The largest absolute Gasteiger partial charge is 0.491 e. The molecule has 1 heterocycles. The van der Waals surface area contributed by atoms with E-state index in [0.717, 1.165) is 29.5 Å². The van der Waals surface area contributed by atoms with Crippen molar-refractivity contribution in [1.82, 2.24) is 9.97 Å². The Morgan fingerprint density at radius 3 is 2.10 bits per heavy atom. The number of hydrogen-bond acceptors (Lipinski definition) is 3. The molecule has 0 aliphatic heterocycles. The minimum atomic E-state index is -0.921. The fourth-order valence-corrected chi connectivity index (χ4v) is 3.53. The fourth-order valence-electron chi connectivity index (χ4n) is 3.53. The van der Waals surface area contributed by atoms with Crippen LogP contribution < -0.4 is 4.74 Å². The summed E-state index contributed by atoms with van der Waals surface area (Å²) in [4.78, 5) is 9.07. The Labute approximate surface area is 185 Å². The highest BCUT2D eigenvalue weighted by Gasteiger charge is 2.07. The van der Waals surface area contributed by atoms with Crippen molar-refractivity contribution >= 4 is 0 Å². The van der Waals surface area contributed by atoms with E-state index >= 15 is 0 Å². The average molecular weight is 421 g/mol. The molecular weight excluding hydrogens is 387 g/mol. The molecule has 0 amide bonds. The summed E-state index contributed by atoms with van der Waals surface area (Å²) in [6, 6.07) is 16.2. The highest BCUT2D eigenvalue weighted by molar-refractivity contribution is 5.64. The van der Waals surface area contributed by atoms with E-state index in [1.165, 1.54) is 31.2 Å². The van der Waals surface area contributed by atoms with Gasteiger partial charge in [0.05, 0.1) is 0 Å². The Bertz CT molecular complexity index is 892. The summed E-state index contributed by atoms with van der Waals surface area (Å²) in [5.41, 5.74) is 4.42. The first-order valence-corrected chi connectivity index (χ1v) is 11.5. The molecule has 4 heteroatoms. The van der Waals surface area contributed by atoms with Crippen molar-refractivity contribution in [2.75, 3.05) is 6.61 Å². The van der Waals surface area contributed by atoms with Gasteiger partial charge in [0, 0.05) is 23.5 Å². The van der Waals surface area contributed by atoms with Crippen LogP contribution in [0, 0.1) is 0 Å². The van der Waals surface area contributed by atoms with Crippen LogP contribution in [0.2, 0.25) is 0 Å². The normalized spacial score (nSPS) is 12.0. The van der Waals surface area contributed by atoms with Gasteiger partial charge in [0.15, 0.2) is 5.82 Å². The summed E-state index contributed by atoms with van der Waals surface area (Å²) >= 11 is 0. The molecule has 1 atom stereocenters. The number of unbranched alkanes of at least 4 members (excludes halogenated alkanes) is 3. The quantitative estimate of drug-likeness (QED) is 0.285. The molecule has 0 bridgehead atoms. The van der Waals surface area contributed by atoms with Crippen molar-refractivity contribution in [1.29, 1.82) is 0 Å². The minimum Gasteiger partial charge on any atom is -0.491 e. The molecular formula is C27H33FN2O. The van der Waals surface area contributed by atoms with Crippen LogP contribution in [0.5, 0.6) is 5.75 Å². The van der Waals surface area contributed by atoms with Crippen molar-refractivity contribution < 1.29 is 9.13 Å². The molecule has 0 aliphatic rings. The van der Waals surface area contributed by atoms with Gasteiger partial charge in [-0.25, -0.2) is 14.4 Å². The monoisotopic (exact) mass is 420 g/mol. The van der Waals surface area contributed by atoms with Crippen molar-refractivity contribution in [2.45, 2.75) is 65.0 Å². The lowest BCUT2D eigenvalue weighted by Crippen LogP contribution is -2.12. The van der Waals surface area contributed by atoms with E-state index < -0.39 is 6.17 Å². The number of ether oxygens (including phenoxy) is 1. The van der Waals surface area contributed by atoms with Crippen LogP contribution in [0.1, 0.15) is 57.9 Å². The van der Waals surface area contributed by atoms with Crippen molar-refractivity contribution in [3.05, 3.63) is 66.5 Å². The number of aromatic nitrogens is 2. The molecule has 1 unspecified atom stereocenters. The SMILES string of the molecule is CCCCCCc1ccc(-c2cnc(-c3ccc(OCC(F)CCC)cc3)nc2)cc1. The van der Waals surface area contributed by atoms with E-state index in [-0.39, 0.29) is 6.61 Å². The van der Waals surface area contributed by atoms with Gasteiger partial charge in [0.2, 0.25) is 0 Å². The van der Waals surface area contributed by atoms with Gasteiger partial charge < -0.3 is 4.74 Å². The van der Waals surface area contributed by atoms with Crippen molar-refractivity contribution in [2.24, 2.45) is 0 Å². The Morgan fingerprint density at radius 2 is 1.45 bits per heavy atom. The minimum absolute atomic E-state index is 0.0932. The van der Waals surface area contributed by atoms with Crippen molar-refractivity contribution in [3.8, 4) is 28.3 Å². The van der Waals surface area contributed by atoms with Crippen molar-refractivity contribution in [3.63, 3.8) is 0 Å². The molecule has 0 saturated carbocycles. The maximum absolute atomic E-state index is 13.6. The Balaban J connectivity index is 1.57. The molecule has 3 aromatic rings.